The maximum atomic E-state index is 5.51. The molecule has 2 N–H and O–H groups in total. The minimum absolute atomic E-state index is 0.549. The smallest absolute Gasteiger partial charge is 0.0534 e. The van der Waals surface area contributed by atoms with Gasteiger partial charge in [-0.3, -0.25) is 9.67 Å². The van der Waals surface area contributed by atoms with E-state index < -0.39 is 0 Å². The van der Waals surface area contributed by atoms with Gasteiger partial charge in [-0.25, -0.2) is 0 Å². The molecule has 2 aromatic heterocycles. The molecule has 2 heterocycles. The van der Waals surface area contributed by atoms with Crippen LogP contribution >= 0.6 is 0 Å². The molecule has 0 aliphatic rings. The topological polar surface area (TPSA) is 56.7 Å². The van der Waals surface area contributed by atoms with Crippen LogP contribution in [0.25, 0.3) is 0 Å². The molecule has 0 radical (unpaired) electrons. The van der Waals surface area contributed by atoms with Crippen molar-refractivity contribution in [3.63, 3.8) is 0 Å². The normalized spacial score (nSPS) is 10.5. The van der Waals surface area contributed by atoms with Crippen LogP contribution in [-0.4, -0.2) is 14.8 Å². The second kappa shape index (κ2) is 4.70. The van der Waals surface area contributed by atoms with E-state index in [9.17, 15) is 0 Å². The highest BCUT2D eigenvalue weighted by molar-refractivity contribution is 5.09. The summed E-state index contributed by atoms with van der Waals surface area (Å²) in [6.07, 6.45) is 8.40. The van der Waals surface area contributed by atoms with Crippen LogP contribution < -0.4 is 5.73 Å². The summed E-state index contributed by atoms with van der Waals surface area (Å²) >= 11 is 0. The summed E-state index contributed by atoms with van der Waals surface area (Å²) in [4.78, 5) is 4.07. The van der Waals surface area contributed by atoms with Gasteiger partial charge in [-0.2, -0.15) is 5.10 Å². The standard InChI is InChI=1S/C11H14N4/c12-6-11-8-14-15(9-11)5-3-10-2-1-4-13-7-10/h1-2,4,7-9H,3,5-6,12H2. The van der Waals surface area contributed by atoms with Crippen LogP contribution in [0.5, 0.6) is 0 Å². The molecule has 0 amide bonds. The van der Waals surface area contributed by atoms with Gasteiger partial charge in [0.25, 0.3) is 0 Å². The van der Waals surface area contributed by atoms with E-state index in [1.165, 1.54) is 5.56 Å². The molecule has 0 fully saturated rings. The van der Waals surface area contributed by atoms with Crippen LogP contribution in [0.1, 0.15) is 11.1 Å². The lowest BCUT2D eigenvalue weighted by atomic mass is 10.2. The van der Waals surface area contributed by atoms with Gasteiger partial charge in [-0.1, -0.05) is 6.07 Å². The Morgan fingerprint density at radius 3 is 2.87 bits per heavy atom. The SMILES string of the molecule is NCc1cnn(CCc2cccnc2)c1. The summed E-state index contributed by atoms with van der Waals surface area (Å²) in [6, 6.07) is 4.02. The summed E-state index contributed by atoms with van der Waals surface area (Å²) < 4.78 is 1.91. The van der Waals surface area contributed by atoms with Crippen molar-refractivity contribution in [2.45, 2.75) is 19.5 Å². The van der Waals surface area contributed by atoms with Crippen molar-refractivity contribution in [3.05, 3.63) is 48.0 Å². The van der Waals surface area contributed by atoms with Crippen molar-refractivity contribution in [3.8, 4) is 0 Å². The number of rotatable bonds is 4. The number of hydrogen-bond acceptors (Lipinski definition) is 3. The Morgan fingerprint density at radius 1 is 1.27 bits per heavy atom. The average molecular weight is 202 g/mol. The lowest BCUT2D eigenvalue weighted by molar-refractivity contribution is 0.613. The van der Waals surface area contributed by atoms with Crippen LogP contribution in [0, 0.1) is 0 Å². The van der Waals surface area contributed by atoms with Gasteiger partial charge in [0.1, 0.15) is 0 Å². The van der Waals surface area contributed by atoms with Crippen LogP contribution in [0.15, 0.2) is 36.9 Å². The molecule has 0 bridgehead atoms. The molecular formula is C11H14N4. The van der Waals surface area contributed by atoms with E-state index in [4.69, 9.17) is 5.73 Å². The Bertz CT molecular complexity index is 408. The highest BCUT2D eigenvalue weighted by Gasteiger charge is 1.97. The second-order valence-corrected chi connectivity index (χ2v) is 3.43. The largest absolute Gasteiger partial charge is 0.326 e. The van der Waals surface area contributed by atoms with E-state index in [1.54, 1.807) is 6.20 Å². The van der Waals surface area contributed by atoms with Crippen LogP contribution in [0.3, 0.4) is 0 Å². The Balaban J connectivity index is 1.93. The predicted molar refractivity (Wildman–Crippen MR) is 58.1 cm³/mol. The minimum atomic E-state index is 0.549. The number of nitrogens with zero attached hydrogens (tertiary/aromatic N) is 3. The molecule has 15 heavy (non-hydrogen) atoms. The van der Waals surface area contributed by atoms with Crippen LogP contribution in [-0.2, 0) is 19.5 Å². The first kappa shape index (κ1) is 9.86. The summed E-state index contributed by atoms with van der Waals surface area (Å²) in [6.45, 7) is 1.42. The van der Waals surface area contributed by atoms with Crippen molar-refractivity contribution >= 4 is 0 Å². The van der Waals surface area contributed by atoms with Crippen LogP contribution in [0.2, 0.25) is 0 Å². The molecule has 0 aromatic carbocycles. The van der Waals surface area contributed by atoms with Gasteiger partial charge in [-0.05, 0) is 18.1 Å². The van der Waals surface area contributed by atoms with Crippen molar-refractivity contribution in [1.82, 2.24) is 14.8 Å². The minimum Gasteiger partial charge on any atom is -0.326 e. The van der Waals surface area contributed by atoms with Crippen molar-refractivity contribution in [1.29, 1.82) is 0 Å². The zero-order valence-electron chi connectivity index (χ0n) is 8.50. The van der Waals surface area contributed by atoms with Crippen molar-refractivity contribution in [2.24, 2.45) is 5.73 Å². The van der Waals surface area contributed by atoms with Crippen LogP contribution in [0.4, 0.5) is 0 Å². The Kier molecular flexibility index (Phi) is 3.09. The van der Waals surface area contributed by atoms with E-state index in [-0.39, 0.29) is 0 Å². The number of aromatic nitrogens is 3. The molecule has 0 spiro atoms. The lowest BCUT2D eigenvalue weighted by Crippen LogP contribution is -2.02. The zero-order valence-corrected chi connectivity index (χ0v) is 8.50. The first-order chi connectivity index (χ1) is 7.38. The fraction of sp³-hybridized carbons (Fsp3) is 0.273. The molecule has 0 aliphatic carbocycles. The molecular weight excluding hydrogens is 188 g/mol. The molecule has 0 saturated heterocycles. The summed E-state index contributed by atoms with van der Waals surface area (Å²) in [5, 5.41) is 4.22. The molecule has 0 aliphatic heterocycles. The molecule has 2 aromatic rings. The Hall–Kier alpha value is -1.68. The quantitative estimate of drug-likeness (QED) is 0.804. The monoisotopic (exact) mass is 202 g/mol. The number of nitrogens with two attached hydrogens (primary N) is 1. The van der Waals surface area contributed by atoms with E-state index >= 15 is 0 Å². The van der Waals surface area contributed by atoms with Gasteiger partial charge in [-0.15, -0.1) is 0 Å². The number of aryl methyl sites for hydroxylation is 2. The molecule has 2 rings (SSSR count). The molecule has 78 valence electrons. The molecule has 4 heteroatoms. The highest BCUT2D eigenvalue weighted by Crippen LogP contribution is 2.01. The van der Waals surface area contributed by atoms with Gasteiger partial charge in [0.2, 0.25) is 0 Å². The van der Waals surface area contributed by atoms with Crippen molar-refractivity contribution < 1.29 is 0 Å². The van der Waals surface area contributed by atoms with Crippen molar-refractivity contribution in [2.75, 3.05) is 0 Å². The van der Waals surface area contributed by atoms with Gasteiger partial charge in [0, 0.05) is 37.2 Å². The van der Waals surface area contributed by atoms with Gasteiger partial charge >= 0.3 is 0 Å². The second-order valence-electron chi connectivity index (χ2n) is 3.43. The van der Waals surface area contributed by atoms with E-state index in [2.05, 4.69) is 16.1 Å². The summed E-state index contributed by atoms with van der Waals surface area (Å²) in [7, 11) is 0. The molecule has 4 nitrogen and oxygen atoms in total. The van der Waals surface area contributed by atoms with E-state index in [0.717, 1.165) is 18.5 Å². The first-order valence-corrected chi connectivity index (χ1v) is 4.99. The fourth-order valence-corrected chi connectivity index (χ4v) is 1.42. The predicted octanol–water partition coefficient (Wildman–Crippen LogP) is 0.979. The first-order valence-electron chi connectivity index (χ1n) is 4.99. The maximum absolute atomic E-state index is 5.51. The maximum Gasteiger partial charge on any atom is 0.0534 e. The lowest BCUT2D eigenvalue weighted by Gasteiger charge is -2.00. The van der Waals surface area contributed by atoms with Gasteiger partial charge < -0.3 is 5.73 Å². The molecule has 0 atom stereocenters. The summed E-state index contributed by atoms with van der Waals surface area (Å²) in [5.41, 5.74) is 7.80. The number of pyridine rings is 1. The molecule has 0 saturated carbocycles. The average Bonchev–Trinajstić information content (AvgIpc) is 2.76. The highest BCUT2D eigenvalue weighted by atomic mass is 15.3. The van der Waals surface area contributed by atoms with Gasteiger partial charge in [0.15, 0.2) is 0 Å². The zero-order chi connectivity index (χ0) is 10.5. The third-order valence-corrected chi connectivity index (χ3v) is 2.27. The third kappa shape index (κ3) is 2.63. The Morgan fingerprint density at radius 2 is 2.20 bits per heavy atom. The van der Waals surface area contributed by atoms with Gasteiger partial charge in [0.05, 0.1) is 6.20 Å². The molecule has 0 unspecified atom stereocenters. The number of hydrogen-bond donors (Lipinski definition) is 1. The summed E-state index contributed by atoms with van der Waals surface area (Å²) in [5.74, 6) is 0. The third-order valence-electron chi connectivity index (χ3n) is 2.27. The van der Waals surface area contributed by atoms with E-state index in [1.807, 2.05) is 29.3 Å². The van der Waals surface area contributed by atoms with E-state index in [0.29, 0.717) is 6.54 Å². The fourth-order valence-electron chi connectivity index (χ4n) is 1.42. The Labute approximate surface area is 88.8 Å².